The van der Waals surface area contributed by atoms with Crippen molar-refractivity contribution in [1.82, 2.24) is 20.2 Å². The van der Waals surface area contributed by atoms with Crippen LogP contribution in [0.4, 0.5) is 5.82 Å². The van der Waals surface area contributed by atoms with Crippen LogP contribution in [0.2, 0.25) is 0 Å². The third kappa shape index (κ3) is 5.98. The number of hydrogen-bond acceptors (Lipinski definition) is 6. The lowest BCUT2D eigenvalue weighted by atomic mass is 9.84. The lowest BCUT2D eigenvalue weighted by molar-refractivity contribution is -0.119. The van der Waals surface area contributed by atoms with Crippen molar-refractivity contribution in [1.29, 1.82) is 0 Å². The quantitative estimate of drug-likeness (QED) is 0.729. The Bertz CT molecular complexity index is 773. The fraction of sp³-hybridized carbons (Fsp3) is 0.800. The molecule has 0 atom stereocenters. The third-order valence-electron chi connectivity index (χ3n) is 7.26. The van der Waals surface area contributed by atoms with E-state index in [0.717, 1.165) is 75.5 Å². The van der Waals surface area contributed by atoms with E-state index >= 15 is 0 Å². The van der Waals surface area contributed by atoms with Crippen LogP contribution in [0.15, 0.2) is 6.07 Å². The summed E-state index contributed by atoms with van der Waals surface area (Å²) in [6.07, 6.45) is 6.04. The van der Waals surface area contributed by atoms with E-state index in [1.165, 1.54) is 25.8 Å². The molecule has 0 aromatic carbocycles. The number of aromatic nitrogens is 2. The van der Waals surface area contributed by atoms with E-state index in [-0.39, 0.29) is 11.3 Å². The molecule has 0 bridgehead atoms. The molecule has 1 aromatic rings. The summed E-state index contributed by atoms with van der Waals surface area (Å²) in [4.78, 5) is 26.2. The molecule has 2 saturated heterocycles. The summed E-state index contributed by atoms with van der Waals surface area (Å²) < 4.78 is 5.41. The number of nitrogens with one attached hydrogen (secondary N) is 1. The Morgan fingerprint density at radius 2 is 1.78 bits per heavy atom. The fourth-order valence-electron chi connectivity index (χ4n) is 5.01. The van der Waals surface area contributed by atoms with Crippen molar-refractivity contribution in [3.05, 3.63) is 17.6 Å². The zero-order valence-corrected chi connectivity index (χ0v) is 20.4. The Kier molecular flexibility index (Phi) is 7.35. The van der Waals surface area contributed by atoms with Gasteiger partial charge in [0.2, 0.25) is 5.91 Å². The summed E-state index contributed by atoms with van der Waals surface area (Å²) in [5.74, 6) is 3.36. The van der Waals surface area contributed by atoms with Crippen molar-refractivity contribution in [3.8, 4) is 0 Å². The van der Waals surface area contributed by atoms with E-state index in [4.69, 9.17) is 14.7 Å². The van der Waals surface area contributed by atoms with E-state index in [0.29, 0.717) is 12.0 Å². The van der Waals surface area contributed by atoms with Gasteiger partial charge in [-0.25, -0.2) is 9.97 Å². The predicted octanol–water partition coefficient (Wildman–Crippen LogP) is 3.09. The van der Waals surface area contributed by atoms with Crippen LogP contribution in [-0.2, 0) is 14.9 Å². The van der Waals surface area contributed by atoms with Gasteiger partial charge < -0.3 is 15.0 Å². The van der Waals surface area contributed by atoms with Gasteiger partial charge in [0.05, 0.1) is 18.9 Å². The molecule has 3 fully saturated rings. The van der Waals surface area contributed by atoms with Crippen LogP contribution < -0.4 is 10.2 Å². The first-order valence-electron chi connectivity index (χ1n) is 12.5. The lowest BCUT2D eigenvalue weighted by Gasteiger charge is -2.37. The number of hydrogen-bond donors (Lipinski definition) is 1. The number of amides is 1. The van der Waals surface area contributed by atoms with Gasteiger partial charge in [0.1, 0.15) is 11.6 Å². The summed E-state index contributed by atoms with van der Waals surface area (Å²) in [5, 5.41) is 3.09. The smallest absolute Gasteiger partial charge is 0.217 e. The molecule has 32 heavy (non-hydrogen) atoms. The second kappa shape index (κ2) is 10.0. The van der Waals surface area contributed by atoms with E-state index in [1.807, 2.05) is 0 Å². The minimum Gasteiger partial charge on any atom is -0.380 e. The topological polar surface area (TPSA) is 70.6 Å². The van der Waals surface area contributed by atoms with Crippen LogP contribution in [0.5, 0.6) is 0 Å². The molecule has 7 heteroatoms. The largest absolute Gasteiger partial charge is 0.380 e. The highest BCUT2D eigenvalue weighted by molar-refractivity contribution is 5.73. The Balaban J connectivity index is 1.27. The number of piperazine rings is 1. The molecule has 1 aromatic heterocycles. The van der Waals surface area contributed by atoms with Crippen molar-refractivity contribution in [2.24, 2.45) is 5.92 Å². The van der Waals surface area contributed by atoms with Crippen molar-refractivity contribution >= 4 is 11.7 Å². The molecule has 3 aliphatic rings. The summed E-state index contributed by atoms with van der Waals surface area (Å²) in [6, 6.07) is 2.60. The van der Waals surface area contributed by atoms with Gasteiger partial charge in [-0.1, -0.05) is 20.8 Å². The maximum atomic E-state index is 11.3. The summed E-state index contributed by atoms with van der Waals surface area (Å²) in [7, 11) is 0. The van der Waals surface area contributed by atoms with Gasteiger partial charge in [-0.15, -0.1) is 0 Å². The van der Waals surface area contributed by atoms with Gasteiger partial charge in [0.15, 0.2) is 0 Å². The van der Waals surface area contributed by atoms with Gasteiger partial charge in [0, 0.05) is 56.5 Å². The first kappa shape index (κ1) is 23.4. The number of carbonyl (C=O) groups is 1. The van der Waals surface area contributed by atoms with Crippen molar-refractivity contribution < 1.29 is 9.53 Å². The molecule has 178 valence electrons. The predicted molar refractivity (Wildman–Crippen MR) is 127 cm³/mol. The minimum atomic E-state index is -0.0594. The van der Waals surface area contributed by atoms with Gasteiger partial charge in [-0.2, -0.15) is 0 Å². The van der Waals surface area contributed by atoms with Crippen molar-refractivity contribution in [2.75, 3.05) is 50.8 Å². The highest BCUT2D eigenvalue weighted by atomic mass is 16.5. The van der Waals surface area contributed by atoms with Gasteiger partial charge in [-0.3, -0.25) is 9.69 Å². The van der Waals surface area contributed by atoms with Gasteiger partial charge >= 0.3 is 0 Å². The second-order valence-corrected chi connectivity index (χ2v) is 11.0. The first-order valence-corrected chi connectivity index (χ1v) is 12.5. The number of rotatable bonds is 6. The molecule has 0 unspecified atom stereocenters. The number of carbonyl (C=O) groups excluding carboxylic acids is 1. The Labute approximate surface area is 193 Å². The molecule has 7 nitrogen and oxygen atoms in total. The Morgan fingerprint density at radius 3 is 2.34 bits per heavy atom. The van der Waals surface area contributed by atoms with E-state index < -0.39 is 0 Å². The van der Waals surface area contributed by atoms with Crippen LogP contribution in [0, 0.1) is 5.92 Å². The maximum absolute atomic E-state index is 11.3. The number of anilines is 1. The van der Waals surface area contributed by atoms with Crippen molar-refractivity contribution in [3.63, 3.8) is 0 Å². The molecule has 1 aliphatic carbocycles. The molecule has 1 amide bonds. The van der Waals surface area contributed by atoms with Gasteiger partial charge in [-0.05, 0) is 44.6 Å². The number of nitrogens with zero attached hydrogens (tertiary/aromatic N) is 4. The Hall–Kier alpha value is -1.73. The zero-order chi connectivity index (χ0) is 22.7. The molecular formula is C25H41N5O2. The number of ether oxygens (including phenoxy) is 1. The second-order valence-electron chi connectivity index (χ2n) is 11.0. The average molecular weight is 444 g/mol. The molecule has 0 radical (unpaired) electrons. The summed E-state index contributed by atoms with van der Waals surface area (Å²) >= 11 is 0. The van der Waals surface area contributed by atoms with Crippen LogP contribution >= 0.6 is 0 Å². The summed E-state index contributed by atoms with van der Waals surface area (Å²) in [6.45, 7) is 15.2. The first-order chi connectivity index (χ1) is 15.3. The SMILES string of the molecule is CC(=O)NC1CCC(CCN2CCN(c3cc(C4COC4)nc(C(C)(C)C)n3)CC2)CC1. The highest BCUT2D eigenvalue weighted by Gasteiger charge is 2.28. The normalized spacial score (nSPS) is 25.4. The minimum absolute atomic E-state index is 0.0594. The molecule has 2 aliphatic heterocycles. The lowest BCUT2D eigenvalue weighted by Crippen LogP contribution is -2.47. The van der Waals surface area contributed by atoms with E-state index in [1.54, 1.807) is 6.92 Å². The zero-order valence-electron chi connectivity index (χ0n) is 20.4. The molecule has 3 heterocycles. The van der Waals surface area contributed by atoms with Gasteiger partial charge in [0.25, 0.3) is 0 Å². The molecular weight excluding hydrogens is 402 g/mol. The van der Waals surface area contributed by atoms with Crippen LogP contribution in [0.25, 0.3) is 0 Å². The van der Waals surface area contributed by atoms with E-state index in [2.05, 4.69) is 42.0 Å². The highest BCUT2D eigenvalue weighted by Crippen LogP contribution is 2.30. The van der Waals surface area contributed by atoms with Crippen LogP contribution in [-0.4, -0.2) is 72.8 Å². The van der Waals surface area contributed by atoms with Crippen molar-refractivity contribution in [2.45, 2.75) is 77.2 Å². The third-order valence-corrected chi connectivity index (χ3v) is 7.26. The Morgan fingerprint density at radius 1 is 1.09 bits per heavy atom. The molecule has 0 spiro atoms. The van der Waals surface area contributed by atoms with Crippen LogP contribution in [0.3, 0.4) is 0 Å². The molecule has 1 N–H and O–H groups in total. The maximum Gasteiger partial charge on any atom is 0.217 e. The van der Waals surface area contributed by atoms with Crippen LogP contribution in [0.1, 0.15) is 77.2 Å². The summed E-state index contributed by atoms with van der Waals surface area (Å²) in [5.41, 5.74) is 1.08. The molecule has 1 saturated carbocycles. The standard InChI is InChI=1S/C25H41N5O2/c1-18(31)26-21-7-5-19(6-8-21)9-10-29-11-13-30(14-12-29)23-15-22(20-16-32-17-20)27-24(28-23)25(2,3)4/h15,19-21H,5-14,16-17H2,1-4H3,(H,26,31). The van der Waals surface area contributed by atoms with E-state index in [9.17, 15) is 4.79 Å². The average Bonchev–Trinajstić information content (AvgIpc) is 2.71. The molecule has 4 rings (SSSR count). The monoisotopic (exact) mass is 443 g/mol. The fourth-order valence-corrected chi connectivity index (χ4v) is 5.01.